The van der Waals surface area contributed by atoms with E-state index in [9.17, 15) is 9.59 Å². The van der Waals surface area contributed by atoms with Crippen molar-refractivity contribution in [2.45, 2.75) is 24.9 Å². The fraction of sp³-hybridized carbons (Fsp3) is 0.467. The van der Waals surface area contributed by atoms with Gasteiger partial charge in [0.2, 0.25) is 0 Å². The average molecular weight is 326 g/mol. The van der Waals surface area contributed by atoms with Crippen LogP contribution >= 0.6 is 12.4 Å². The molecule has 1 spiro atoms. The minimum Gasteiger partial charge on any atom is -0.497 e. The molecular formula is C15H20ClN3O3. The first kappa shape index (κ1) is 16.6. The van der Waals surface area contributed by atoms with E-state index >= 15 is 0 Å². The smallest absolute Gasteiger partial charge is 0.325 e. The molecule has 120 valence electrons. The number of ether oxygens (including phenoxy) is 1. The standard InChI is InChI=1S/C15H19N3O3.ClH/c1-21-12-5-3-11(4-6-12)9-18-13(19)15(17-14(18)20)7-2-8-16-10-15;/h3-6,16H,2,7-10H2,1H3,(H,17,20);1H. The van der Waals surface area contributed by atoms with Gasteiger partial charge in [0.25, 0.3) is 5.91 Å². The van der Waals surface area contributed by atoms with Crippen LogP contribution in [0, 0.1) is 0 Å². The maximum absolute atomic E-state index is 12.6. The summed E-state index contributed by atoms with van der Waals surface area (Å²) in [6.07, 6.45) is 1.59. The Balaban J connectivity index is 0.00000176. The predicted molar refractivity (Wildman–Crippen MR) is 84.2 cm³/mol. The Hall–Kier alpha value is -1.79. The van der Waals surface area contributed by atoms with Crippen LogP contribution in [0.5, 0.6) is 5.75 Å². The molecule has 3 amide bonds. The number of carbonyl (C=O) groups excluding carboxylic acids is 2. The third kappa shape index (κ3) is 2.89. The van der Waals surface area contributed by atoms with Crippen molar-refractivity contribution < 1.29 is 14.3 Å². The van der Waals surface area contributed by atoms with E-state index in [0.717, 1.165) is 24.3 Å². The third-order valence-electron chi connectivity index (χ3n) is 4.13. The van der Waals surface area contributed by atoms with Crippen molar-refractivity contribution in [3.05, 3.63) is 29.8 Å². The van der Waals surface area contributed by atoms with E-state index < -0.39 is 5.54 Å². The lowest BCUT2D eigenvalue weighted by molar-refractivity contribution is -0.132. The molecule has 2 aliphatic rings. The van der Waals surface area contributed by atoms with Crippen LogP contribution in [-0.2, 0) is 11.3 Å². The number of carbonyl (C=O) groups is 2. The Morgan fingerprint density at radius 2 is 2.00 bits per heavy atom. The van der Waals surface area contributed by atoms with E-state index in [1.807, 2.05) is 24.3 Å². The zero-order valence-corrected chi connectivity index (χ0v) is 13.2. The Labute approximate surface area is 135 Å². The van der Waals surface area contributed by atoms with Gasteiger partial charge in [-0.15, -0.1) is 12.4 Å². The van der Waals surface area contributed by atoms with Crippen molar-refractivity contribution in [1.82, 2.24) is 15.5 Å². The summed E-state index contributed by atoms with van der Waals surface area (Å²) in [5.41, 5.74) is 0.155. The number of nitrogens with one attached hydrogen (secondary N) is 2. The lowest BCUT2D eigenvalue weighted by Gasteiger charge is -2.31. The molecule has 0 radical (unpaired) electrons. The molecular weight excluding hydrogens is 306 g/mol. The number of urea groups is 1. The highest BCUT2D eigenvalue weighted by Crippen LogP contribution is 2.26. The number of halogens is 1. The number of imide groups is 1. The van der Waals surface area contributed by atoms with E-state index in [2.05, 4.69) is 10.6 Å². The van der Waals surface area contributed by atoms with E-state index in [4.69, 9.17) is 4.74 Å². The van der Waals surface area contributed by atoms with Crippen molar-refractivity contribution in [2.75, 3.05) is 20.2 Å². The lowest BCUT2D eigenvalue weighted by Crippen LogP contribution is -2.57. The zero-order valence-electron chi connectivity index (χ0n) is 12.4. The molecule has 2 N–H and O–H groups in total. The highest BCUT2D eigenvalue weighted by molar-refractivity contribution is 6.07. The van der Waals surface area contributed by atoms with Crippen molar-refractivity contribution in [3.8, 4) is 5.75 Å². The minimum atomic E-state index is -0.748. The fourth-order valence-electron chi connectivity index (χ4n) is 2.93. The zero-order chi connectivity index (χ0) is 14.9. The number of rotatable bonds is 3. The number of amides is 3. The second kappa shape index (κ2) is 6.54. The summed E-state index contributed by atoms with van der Waals surface area (Å²) in [7, 11) is 1.60. The number of hydrogen-bond acceptors (Lipinski definition) is 4. The summed E-state index contributed by atoms with van der Waals surface area (Å²) in [5.74, 6) is 0.624. The van der Waals surface area contributed by atoms with Crippen LogP contribution in [0.3, 0.4) is 0 Å². The van der Waals surface area contributed by atoms with Gasteiger partial charge >= 0.3 is 6.03 Å². The van der Waals surface area contributed by atoms with Gasteiger partial charge in [-0.25, -0.2) is 4.79 Å². The van der Waals surface area contributed by atoms with Crippen LogP contribution in [0.15, 0.2) is 24.3 Å². The summed E-state index contributed by atoms with van der Waals surface area (Å²) < 4.78 is 5.10. The van der Waals surface area contributed by atoms with Gasteiger partial charge < -0.3 is 15.4 Å². The summed E-state index contributed by atoms with van der Waals surface area (Å²) in [6.45, 7) is 1.69. The quantitative estimate of drug-likeness (QED) is 0.822. The first-order valence-electron chi connectivity index (χ1n) is 7.12. The van der Waals surface area contributed by atoms with E-state index in [1.165, 1.54) is 4.90 Å². The molecule has 1 aromatic rings. The number of methoxy groups -OCH3 is 1. The summed E-state index contributed by atoms with van der Waals surface area (Å²) in [5, 5.41) is 6.05. The highest BCUT2D eigenvalue weighted by Gasteiger charge is 2.51. The summed E-state index contributed by atoms with van der Waals surface area (Å²) in [6, 6.07) is 7.07. The fourth-order valence-corrected chi connectivity index (χ4v) is 2.93. The number of benzene rings is 1. The van der Waals surface area contributed by atoms with Gasteiger partial charge in [0.15, 0.2) is 0 Å². The normalized spacial score (nSPS) is 24.1. The molecule has 7 heteroatoms. The Bertz CT molecular complexity index is 556. The first-order chi connectivity index (χ1) is 10.1. The predicted octanol–water partition coefficient (Wildman–Crippen LogP) is 1.29. The SMILES string of the molecule is COc1ccc(CN2C(=O)NC3(CCCNC3)C2=O)cc1.Cl. The number of hydrogen-bond donors (Lipinski definition) is 2. The monoisotopic (exact) mass is 325 g/mol. The molecule has 2 saturated heterocycles. The van der Waals surface area contributed by atoms with Gasteiger partial charge in [-0.05, 0) is 37.1 Å². The van der Waals surface area contributed by atoms with Crippen molar-refractivity contribution in [1.29, 1.82) is 0 Å². The van der Waals surface area contributed by atoms with Gasteiger partial charge in [-0.3, -0.25) is 9.69 Å². The molecule has 22 heavy (non-hydrogen) atoms. The van der Waals surface area contributed by atoms with E-state index in [1.54, 1.807) is 7.11 Å². The number of piperidine rings is 1. The molecule has 0 bridgehead atoms. The molecule has 2 fully saturated rings. The largest absolute Gasteiger partial charge is 0.497 e. The molecule has 2 aliphatic heterocycles. The van der Waals surface area contributed by atoms with Crippen LogP contribution < -0.4 is 15.4 Å². The van der Waals surface area contributed by atoms with Gasteiger partial charge in [-0.1, -0.05) is 12.1 Å². The molecule has 3 rings (SSSR count). The second-order valence-electron chi connectivity index (χ2n) is 5.53. The van der Waals surface area contributed by atoms with E-state index in [-0.39, 0.29) is 30.9 Å². The van der Waals surface area contributed by atoms with Crippen molar-refractivity contribution in [2.24, 2.45) is 0 Å². The molecule has 6 nitrogen and oxygen atoms in total. The average Bonchev–Trinajstić information content (AvgIpc) is 2.73. The molecule has 1 aromatic carbocycles. The summed E-state index contributed by atoms with van der Waals surface area (Å²) in [4.78, 5) is 26.0. The Morgan fingerprint density at radius 1 is 1.27 bits per heavy atom. The van der Waals surface area contributed by atoms with Gasteiger partial charge in [0, 0.05) is 6.54 Å². The van der Waals surface area contributed by atoms with Crippen LogP contribution in [0.1, 0.15) is 18.4 Å². The summed E-state index contributed by atoms with van der Waals surface area (Å²) >= 11 is 0. The number of nitrogens with zero attached hydrogens (tertiary/aromatic N) is 1. The second-order valence-corrected chi connectivity index (χ2v) is 5.53. The van der Waals surface area contributed by atoms with Crippen molar-refractivity contribution >= 4 is 24.3 Å². The maximum Gasteiger partial charge on any atom is 0.325 e. The van der Waals surface area contributed by atoms with Gasteiger partial charge in [0.05, 0.1) is 13.7 Å². The molecule has 0 aliphatic carbocycles. The van der Waals surface area contributed by atoms with Gasteiger partial charge in [-0.2, -0.15) is 0 Å². The van der Waals surface area contributed by atoms with Crippen LogP contribution in [0.4, 0.5) is 4.79 Å². The van der Waals surface area contributed by atoms with Crippen LogP contribution in [0.2, 0.25) is 0 Å². The Kier molecular flexibility index (Phi) is 4.93. The minimum absolute atomic E-state index is 0. The third-order valence-corrected chi connectivity index (χ3v) is 4.13. The van der Waals surface area contributed by atoms with E-state index in [0.29, 0.717) is 13.0 Å². The first-order valence-corrected chi connectivity index (χ1v) is 7.12. The molecule has 0 saturated carbocycles. The molecule has 2 heterocycles. The highest BCUT2D eigenvalue weighted by atomic mass is 35.5. The van der Waals surface area contributed by atoms with Crippen molar-refractivity contribution in [3.63, 3.8) is 0 Å². The maximum atomic E-state index is 12.6. The molecule has 1 atom stereocenters. The Morgan fingerprint density at radius 3 is 2.59 bits per heavy atom. The van der Waals surface area contributed by atoms with Gasteiger partial charge in [0.1, 0.15) is 11.3 Å². The topological polar surface area (TPSA) is 70.7 Å². The van der Waals surface area contributed by atoms with Crippen LogP contribution in [0.25, 0.3) is 0 Å². The molecule has 1 unspecified atom stereocenters. The molecule has 0 aromatic heterocycles. The van der Waals surface area contributed by atoms with Crippen LogP contribution in [-0.4, -0.2) is 42.6 Å². The lowest BCUT2D eigenvalue weighted by atomic mass is 9.90.